The predicted molar refractivity (Wildman–Crippen MR) is 73.2 cm³/mol. The first kappa shape index (κ1) is 12.2. The van der Waals surface area contributed by atoms with Crippen LogP contribution in [-0.4, -0.2) is 24.9 Å². The predicted octanol–water partition coefficient (Wildman–Crippen LogP) is 1.74. The quantitative estimate of drug-likeness (QED) is 0.897. The Hall–Kier alpha value is -1.84. The van der Waals surface area contributed by atoms with Gasteiger partial charge in [0.1, 0.15) is 0 Å². The maximum atomic E-state index is 12.0. The Labute approximate surface area is 112 Å². The molecule has 1 aromatic rings. The Balaban J connectivity index is 1.74. The maximum absolute atomic E-state index is 12.0. The van der Waals surface area contributed by atoms with Gasteiger partial charge in [-0.2, -0.15) is 0 Å². The fraction of sp³-hybridized carbons (Fsp3) is 0.467. The Morgan fingerprint density at radius 3 is 2.84 bits per heavy atom. The third-order valence-electron chi connectivity index (χ3n) is 3.87. The summed E-state index contributed by atoms with van der Waals surface area (Å²) < 4.78 is 0. The molecule has 0 bridgehead atoms. The number of hydrogen-bond acceptors (Lipinski definition) is 2. The number of fused-ring (bicyclic) bond motifs is 1. The Morgan fingerprint density at radius 1 is 1.37 bits per heavy atom. The van der Waals surface area contributed by atoms with Crippen LogP contribution in [0.2, 0.25) is 0 Å². The van der Waals surface area contributed by atoms with Crippen LogP contribution in [0.15, 0.2) is 18.2 Å². The summed E-state index contributed by atoms with van der Waals surface area (Å²) in [6.45, 7) is 3.08. The van der Waals surface area contributed by atoms with Gasteiger partial charge in [0.05, 0.1) is 0 Å². The zero-order chi connectivity index (χ0) is 13.4. The molecule has 1 heterocycles. The number of anilines is 1. The molecule has 2 aliphatic rings. The molecule has 19 heavy (non-hydrogen) atoms. The van der Waals surface area contributed by atoms with Crippen LogP contribution >= 0.6 is 0 Å². The lowest BCUT2D eigenvalue weighted by atomic mass is 10.1. The van der Waals surface area contributed by atoms with Crippen molar-refractivity contribution in [3.63, 3.8) is 0 Å². The molecular weight excluding hydrogens is 240 g/mol. The van der Waals surface area contributed by atoms with Crippen molar-refractivity contribution in [3.05, 3.63) is 29.3 Å². The van der Waals surface area contributed by atoms with Crippen molar-refractivity contribution in [2.24, 2.45) is 5.92 Å². The van der Waals surface area contributed by atoms with Crippen LogP contribution < -0.4 is 10.2 Å². The van der Waals surface area contributed by atoms with E-state index in [-0.39, 0.29) is 11.8 Å². The molecule has 1 aromatic carbocycles. The average Bonchev–Trinajstić information content (AvgIpc) is 3.12. The van der Waals surface area contributed by atoms with Crippen molar-refractivity contribution < 1.29 is 9.59 Å². The third-order valence-corrected chi connectivity index (χ3v) is 3.87. The summed E-state index contributed by atoms with van der Waals surface area (Å²) in [5.74, 6) is 0.743. The van der Waals surface area contributed by atoms with Gasteiger partial charge in [-0.15, -0.1) is 0 Å². The Bertz CT molecular complexity index is 535. The van der Waals surface area contributed by atoms with E-state index >= 15 is 0 Å². The molecule has 0 radical (unpaired) electrons. The van der Waals surface area contributed by atoms with Crippen LogP contribution in [0.25, 0.3) is 0 Å². The van der Waals surface area contributed by atoms with Crippen LogP contribution in [0.3, 0.4) is 0 Å². The van der Waals surface area contributed by atoms with Gasteiger partial charge in [-0.3, -0.25) is 9.59 Å². The first-order valence-corrected chi connectivity index (χ1v) is 6.84. The van der Waals surface area contributed by atoms with Crippen molar-refractivity contribution >= 4 is 17.5 Å². The van der Waals surface area contributed by atoms with Crippen molar-refractivity contribution in [1.29, 1.82) is 0 Å². The average molecular weight is 258 g/mol. The molecule has 2 amide bonds. The van der Waals surface area contributed by atoms with Gasteiger partial charge in [0, 0.05) is 31.3 Å². The highest BCUT2D eigenvalue weighted by molar-refractivity contribution is 5.97. The minimum absolute atomic E-state index is 0.00373. The fourth-order valence-electron chi connectivity index (χ4n) is 2.53. The van der Waals surface area contributed by atoms with Crippen molar-refractivity contribution in [2.45, 2.75) is 26.2 Å². The lowest BCUT2D eigenvalue weighted by Gasteiger charge is -2.14. The lowest BCUT2D eigenvalue weighted by Crippen LogP contribution is -2.26. The summed E-state index contributed by atoms with van der Waals surface area (Å²) >= 11 is 0. The van der Waals surface area contributed by atoms with Crippen molar-refractivity contribution in [2.75, 3.05) is 18.0 Å². The second kappa shape index (κ2) is 4.68. The highest BCUT2D eigenvalue weighted by Crippen LogP contribution is 2.29. The van der Waals surface area contributed by atoms with E-state index in [1.54, 1.807) is 11.8 Å². The monoisotopic (exact) mass is 258 g/mol. The van der Waals surface area contributed by atoms with Gasteiger partial charge in [-0.05, 0) is 48.9 Å². The minimum Gasteiger partial charge on any atom is -0.352 e. The number of nitrogens with one attached hydrogen (secondary N) is 1. The molecule has 1 fully saturated rings. The largest absolute Gasteiger partial charge is 0.352 e. The van der Waals surface area contributed by atoms with Crippen LogP contribution in [0.5, 0.6) is 0 Å². The molecule has 4 heteroatoms. The van der Waals surface area contributed by atoms with Crippen LogP contribution in [0.4, 0.5) is 5.69 Å². The van der Waals surface area contributed by atoms with Gasteiger partial charge in [-0.25, -0.2) is 0 Å². The molecular formula is C15H18N2O2. The number of rotatable bonds is 3. The first-order valence-electron chi connectivity index (χ1n) is 6.84. The number of carbonyl (C=O) groups excluding carboxylic acids is 2. The molecule has 0 spiro atoms. The molecule has 0 aromatic heterocycles. The summed E-state index contributed by atoms with van der Waals surface area (Å²) in [5.41, 5.74) is 2.74. The molecule has 1 aliphatic carbocycles. The molecule has 1 N–H and O–H groups in total. The number of benzene rings is 1. The van der Waals surface area contributed by atoms with Crippen LogP contribution in [0.1, 0.15) is 35.7 Å². The number of amides is 2. The number of carbonyl (C=O) groups is 2. The fourth-order valence-corrected chi connectivity index (χ4v) is 2.53. The van der Waals surface area contributed by atoms with Crippen molar-refractivity contribution in [1.82, 2.24) is 5.32 Å². The Kier molecular flexibility index (Phi) is 3.01. The maximum Gasteiger partial charge on any atom is 0.251 e. The second-order valence-electron chi connectivity index (χ2n) is 5.42. The number of hydrogen-bond donors (Lipinski definition) is 1. The van der Waals surface area contributed by atoms with E-state index in [9.17, 15) is 9.59 Å². The highest BCUT2D eigenvalue weighted by Gasteiger charge is 2.24. The van der Waals surface area contributed by atoms with Crippen LogP contribution in [0, 0.1) is 5.92 Å². The van der Waals surface area contributed by atoms with E-state index < -0.39 is 0 Å². The van der Waals surface area contributed by atoms with Crippen molar-refractivity contribution in [3.8, 4) is 0 Å². The molecule has 100 valence electrons. The summed E-state index contributed by atoms with van der Waals surface area (Å²) in [7, 11) is 0. The van der Waals surface area contributed by atoms with Gasteiger partial charge < -0.3 is 10.2 Å². The van der Waals surface area contributed by atoms with Crippen LogP contribution in [-0.2, 0) is 11.2 Å². The molecule has 0 saturated heterocycles. The van der Waals surface area contributed by atoms with E-state index in [0.29, 0.717) is 11.5 Å². The van der Waals surface area contributed by atoms with E-state index in [2.05, 4.69) is 5.32 Å². The topological polar surface area (TPSA) is 49.4 Å². The zero-order valence-corrected chi connectivity index (χ0v) is 11.1. The molecule has 0 atom stereocenters. The Morgan fingerprint density at radius 2 is 2.16 bits per heavy atom. The zero-order valence-electron chi connectivity index (χ0n) is 11.1. The molecule has 1 saturated carbocycles. The number of nitrogens with zero attached hydrogens (tertiary/aromatic N) is 1. The van der Waals surface area contributed by atoms with Gasteiger partial charge in [0.25, 0.3) is 5.91 Å². The SMILES string of the molecule is CC(=O)N1CCc2cc(C(=O)NCC3CC3)ccc21. The normalized spacial score (nSPS) is 17.2. The molecule has 1 aliphatic heterocycles. The first-order chi connectivity index (χ1) is 9.15. The summed E-state index contributed by atoms with van der Waals surface area (Å²) in [4.78, 5) is 25.2. The van der Waals surface area contributed by atoms with E-state index in [1.165, 1.54) is 12.8 Å². The van der Waals surface area contributed by atoms with Gasteiger partial charge in [0.15, 0.2) is 0 Å². The second-order valence-corrected chi connectivity index (χ2v) is 5.42. The highest BCUT2D eigenvalue weighted by atomic mass is 16.2. The van der Waals surface area contributed by atoms with Gasteiger partial charge in [0.2, 0.25) is 5.91 Å². The summed E-state index contributed by atoms with van der Waals surface area (Å²) in [5, 5.41) is 2.97. The molecule has 3 rings (SSSR count). The molecule has 0 unspecified atom stereocenters. The third kappa shape index (κ3) is 2.48. The van der Waals surface area contributed by atoms with Gasteiger partial charge >= 0.3 is 0 Å². The minimum atomic E-state index is -0.00373. The lowest BCUT2D eigenvalue weighted by molar-refractivity contribution is -0.116. The summed E-state index contributed by atoms with van der Waals surface area (Å²) in [6, 6.07) is 5.61. The molecule has 4 nitrogen and oxygen atoms in total. The summed E-state index contributed by atoms with van der Waals surface area (Å²) in [6.07, 6.45) is 3.30. The van der Waals surface area contributed by atoms with E-state index in [4.69, 9.17) is 0 Å². The van der Waals surface area contributed by atoms with E-state index in [0.717, 1.165) is 30.8 Å². The smallest absolute Gasteiger partial charge is 0.251 e. The van der Waals surface area contributed by atoms with Gasteiger partial charge in [-0.1, -0.05) is 0 Å². The standard InChI is InChI=1S/C15H18N2O2/c1-10(18)17-7-6-12-8-13(4-5-14(12)17)15(19)16-9-11-2-3-11/h4-5,8,11H,2-3,6-7,9H2,1H3,(H,16,19). The van der Waals surface area contributed by atoms with E-state index in [1.807, 2.05) is 18.2 Å².